The van der Waals surface area contributed by atoms with E-state index in [9.17, 15) is 0 Å². The Morgan fingerprint density at radius 2 is 1.11 bits per heavy atom. The zero-order valence-electron chi connectivity index (χ0n) is 34.0. The molecule has 6 heteroatoms. The highest BCUT2D eigenvalue weighted by molar-refractivity contribution is 7.26. The van der Waals surface area contributed by atoms with Gasteiger partial charge in [-0.3, -0.25) is 0 Å². The quantitative estimate of drug-likeness (QED) is 0.143. The molecule has 5 nitrogen and oxygen atoms in total. The second-order valence-corrected chi connectivity index (χ2v) is 16.7. The molecular weight excluding hydrogens is 789 g/mol. The Labute approximate surface area is 366 Å². The second-order valence-electron chi connectivity index (χ2n) is 15.6. The number of thiophene rings is 1. The van der Waals surface area contributed by atoms with Gasteiger partial charge in [-0.1, -0.05) is 159 Å². The van der Waals surface area contributed by atoms with E-state index in [0.29, 0.717) is 17.5 Å². The molecule has 0 atom stereocenters. The molecule has 12 rings (SSSR count). The lowest BCUT2D eigenvalue weighted by Gasteiger charge is -2.12. The number of benzene rings is 8. The Kier molecular flexibility index (Phi) is 8.59. The molecule has 0 aliphatic heterocycles. The van der Waals surface area contributed by atoms with E-state index >= 15 is 0 Å². The highest BCUT2D eigenvalue weighted by Gasteiger charge is 2.21. The molecule has 0 saturated heterocycles. The van der Waals surface area contributed by atoms with Crippen LogP contribution in [0.1, 0.15) is 5.56 Å². The summed E-state index contributed by atoms with van der Waals surface area (Å²) in [5.74, 6) is 1.75. The first-order valence-corrected chi connectivity index (χ1v) is 21.7. The SMILES string of the molecule is C=C/C=C(\C=C)c1ccc(-c2nc(-c3ccccc3)nc(-c3cccc4oc5ccc(-c6cccc7sc8cccc(-n9c%10ccccc%10c%10ccccc%109)c8c67)cc5c34)n2)cc1. The van der Waals surface area contributed by atoms with Crippen LogP contribution >= 0.6 is 11.3 Å². The predicted molar refractivity (Wildman–Crippen MR) is 264 cm³/mol. The van der Waals surface area contributed by atoms with Gasteiger partial charge in [0.15, 0.2) is 17.5 Å². The number of hydrogen-bond donors (Lipinski definition) is 0. The summed E-state index contributed by atoms with van der Waals surface area (Å²) in [7, 11) is 0. The van der Waals surface area contributed by atoms with E-state index in [2.05, 4.69) is 139 Å². The lowest BCUT2D eigenvalue weighted by Crippen LogP contribution is -2.00. The van der Waals surface area contributed by atoms with Gasteiger partial charge in [0, 0.05) is 58.4 Å². The summed E-state index contributed by atoms with van der Waals surface area (Å²) in [5, 5.41) is 6.93. The first-order chi connectivity index (χ1) is 31.1. The van der Waals surface area contributed by atoms with Crippen LogP contribution in [0.15, 0.2) is 212 Å². The van der Waals surface area contributed by atoms with Crippen LogP contribution in [0.4, 0.5) is 0 Å². The summed E-state index contributed by atoms with van der Waals surface area (Å²) in [6, 6.07) is 61.8. The monoisotopic (exact) mass is 824 g/mol. The van der Waals surface area contributed by atoms with E-state index in [1.807, 2.05) is 78.1 Å². The summed E-state index contributed by atoms with van der Waals surface area (Å²) in [6.07, 6.45) is 5.55. The third-order valence-electron chi connectivity index (χ3n) is 12.0. The lowest BCUT2D eigenvalue weighted by molar-refractivity contribution is 0.669. The number of rotatable bonds is 8. The molecule has 0 spiro atoms. The van der Waals surface area contributed by atoms with Crippen LogP contribution in [0.25, 0.3) is 120 Å². The number of nitrogens with zero attached hydrogens (tertiary/aromatic N) is 4. The molecular formula is C57H36N4OS. The molecule has 8 aromatic carbocycles. The highest BCUT2D eigenvalue weighted by atomic mass is 32.1. The van der Waals surface area contributed by atoms with Gasteiger partial charge in [0.2, 0.25) is 0 Å². The Morgan fingerprint density at radius 3 is 1.84 bits per heavy atom. The maximum absolute atomic E-state index is 6.60. The van der Waals surface area contributed by atoms with Gasteiger partial charge in [-0.25, -0.2) is 15.0 Å². The van der Waals surface area contributed by atoms with E-state index in [1.54, 1.807) is 6.08 Å². The van der Waals surface area contributed by atoms with Gasteiger partial charge in [0.25, 0.3) is 0 Å². The summed E-state index contributed by atoms with van der Waals surface area (Å²) in [6.45, 7) is 7.85. The molecule has 4 aromatic heterocycles. The van der Waals surface area contributed by atoms with E-state index in [0.717, 1.165) is 55.3 Å². The number of para-hydroxylation sites is 2. The minimum absolute atomic E-state index is 0.571. The molecule has 0 aliphatic carbocycles. The molecule has 63 heavy (non-hydrogen) atoms. The molecule has 0 unspecified atom stereocenters. The van der Waals surface area contributed by atoms with Crippen molar-refractivity contribution >= 4 is 80.8 Å². The van der Waals surface area contributed by atoms with Crippen molar-refractivity contribution in [3.63, 3.8) is 0 Å². The van der Waals surface area contributed by atoms with Crippen molar-refractivity contribution in [2.45, 2.75) is 0 Å². The maximum atomic E-state index is 6.60. The van der Waals surface area contributed by atoms with Crippen molar-refractivity contribution in [3.8, 4) is 51.0 Å². The molecule has 296 valence electrons. The first-order valence-electron chi connectivity index (χ1n) is 20.9. The zero-order valence-corrected chi connectivity index (χ0v) is 34.8. The first kappa shape index (κ1) is 36.6. The van der Waals surface area contributed by atoms with Gasteiger partial charge in [-0.2, -0.15) is 0 Å². The fourth-order valence-electron chi connectivity index (χ4n) is 9.20. The van der Waals surface area contributed by atoms with Crippen molar-refractivity contribution in [1.29, 1.82) is 0 Å². The predicted octanol–water partition coefficient (Wildman–Crippen LogP) is 15.7. The van der Waals surface area contributed by atoms with E-state index < -0.39 is 0 Å². The molecule has 4 heterocycles. The molecule has 0 amide bonds. The number of fused-ring (bicyclic) bond motifs is 9. The van der Waals surface area contributed by atoms with Crippen LogP contribution in [0.5, 0.6) is 0 Å². The Hall–Kier alpha value is -8.19. The smallest absolute Gasteiger partial charge is 0.164 e. The Bertz CT molecular complexity index is 3780. The van der Waals surface area contributed by atoms with Crippen LogP contribution < -0.4 is 0 Å². The van der Waals surface area contributed by atoms with Crippen LogP contribution in [0.3, 0.4) is 0 Å². The van der Waals surface area contributed by atoms with Gasteiger partial charge >= 0.3 is 0 Å². The minimum Gasteiger partial charge on any atom is -0.456 e. The number of aromatic nitrogens is 4. The molecule has 0 aliphatic rings. The van der Waals surface area contributed by atoms with Gasteiger partial charge in [0.05, 0.1) is 16.7 Å². The largest absolute Gasteiger partial charge is 0.456 e. The van der Waals surface area contributed by atoms with Crippen molar-refractivity contribution in [2.24, 2.45) is 0 Å². The lowest BCUT2D eigenvalue weighted by atomic mass is 9.96. The third-order valence-corrected chi connectivity index (χ3v) is 13.1. The number of furan rings is 1. The molecule has 0 fully saturated rings. The third kappa shape index (κ3) is 5.95. The van der Waals surface area contributed by atoms with Crippen LogP contribution in [0.2, 0.25) is 0 Å². The van der Waals surface area contributed by atoms with Crippen molar-refractivity contribution in [3.05, 3.63) is 213 Å². The van der Waals surface area contributed by atoms with Gasteiger partial charge in [-0.15, -0.1) is 11.3 Å². The van der Waals surface area contributed by atoms with E-state index in [-0.39, 0.29) is 0 Å². The summed E-state index contributed by atoms with van der Waals surface area (Å²) < 4.78 is 11.5. The minimum atomic E-state index is 0.571. The fraction of sp³-hybridized carbons (Fsp3) is 0. The van der Waals surface area contributed by atoms with Crippen molar-refractivity contribution < 1.29 is 4.42 Å². The number of allylic oxidation sites excluding steroid dienone is 4. The van der Waals surface area contributed by atoms with Crippen LogP contribution in [0, 0.1) is 0 Å². The average molecular weight is 825 g/mol. The second kappa shape index (κ2) is 14.8. The number of hydrogen-bond acceptors (Lipinski definition) is 5. The summed E-state index contributed by atoms with van der Waals surface area (Å²) in [5.41, 5.74) is 12.1. The van der Waals surface area contributed by atoms with E-state index in [1.165, 1.54) is 53.2 Å². The molecule has 0 bridgehead atoms. The molecule has 0 radical (unpaired) electrons. The summed E-state index contributed by atoms with van der Waals surface area (Å²) >= 11 is 1.84. The van der Waals surface area contributed by atoms with Crippen molar-refractivity contribution in [1.82, 2.24) is 19.5 Å². The summed E-state index contributed by atoms with van der Waals surface area (Å²) in [4.78, 5) is 15.3. The van der Waals surface area contributed by atoms with Crippen LogP contribution in [-0.2, 0) is 0 Å². The van der Waals surface area contributed by atoms with Gasteiger partial charge in [0.1, 0.15) is 11.2 Å². The van der Waals surface area contributed by atoms with E-state index in [4.69, 9.17) is 19.4 Å². The van der Waals surface area contributed by atoms with Gasteiger partial charge < -0.3 is 8.98 Å². The maximum Gasteiger partial charge on any atom is 0.164 e. The Balaban J connectivity index is 1.06. The average Bonchev–Trinajstić information content (AvgIpc) is 4.03. The standard InChI is InChI=1S/C57H36N4OS/c1-3-15-35(4-2)36-28-30-38(31-29-36)56-58-55(37-16-6-5-7-17-37)59-57(60-56)43-21-12-25-49-52(43)44-34-39(32-33-48(44)62-49)40-20-13-26-50-53(40)54-47(24-14-27-51(54)63-50)61-45-22-10-8-18-41(45)42-19-9-11-23-46(42)61/h3-34H,1-2H2/b35-15+. The zero-order chi connectivity index (χ0) is 42.0. The topological polar surface area (TPSA) is 56.7 Å². The highest BCUT2D eigenvalue weighted by Crippen LogP contribution is 2.46. The molecule has 0 N–H and O–H groups in total. The van der Waals surface area contributed by atoms with Gasteiger partial charge in [-0.05, 0) is 70.8 Å². The fourth-order valence-corrected chi connectivity index (χ4v) is 10.4. The van der Waals surface area contributed by atoms with Crippen LogP contribution in [-0.4, -0.2) is 19.5 Å². The molecule has 0 saturated carbocycles. The molecule has 12 aromatic rings. The van der Waals surface area contributed by atoms with Crippen molar-refractivity contribution in [2.75, 3.05) is 0 Å². The normalized spacial score (nSPS) is 12.0. The Morgan fingerprint density at radius 1 is 0.492 bits per heavy atom.